The van der Waals surface area contributed by atoms with Gasteiger partial charge in [-0.2, -0.15) is 0 Å². The highest BCUT2D eigenvalue weighted by molar-refractivity contribution is 7.10. The van der Waals surface area contributed by atoms with E-state index in [4.69, 9.17) is 9.47 Å². The normalized spacial score (nSPS) is 11.8. The second-order valence-corrected chi connectivity index (χ2v) is 7.09. The fraction of sp³-hybridized carbons (Fsp3) is 0.368. The number of ether oxygens (including phenoxy) is 2. The molecule has 134 valence electrons. The zero-order chi connectivity index (χ0) is 18.2. The van der Waals surface area contributed by atoms with Crippen LogP contribution in [0, 0.1) is 5.92 Å². The molecule has 1 aromatic heterocycles. The lowest BCUT2D eigenvalue weighted by molar-refractivity contribution is -0.124. The van der Waals surface area contributed by atoms with E-state index in [9.17, 15) is 9.59 Å². The second kappa shape index (κ2) is 9.22. The molecule has 25 heavy (non-hydrogen) atoms. The minimum absolute atomic E-state index is 0.108. The average Bonchev–Trinajstić information content (AvgIpc) is 3.13. The second-order valence-electron chi connectivity index (χ2n) is 6.11. The smallest absolute Gasteiger partial charge is 0.338 e. The highest BCUT2D eigenvalue weighted by atomic mass is 32.1. The summed E-state index contributed by atoms with van der Waals surface area (Å²) >= 11 is 1.57. The maximum Gasteiger partial charge on any atom is 0.338 e. The Kier molecular flexibility index (Phi) is 7.01. The lowest BCUT2D eigenvalue weighted by Crippen LogP contribution is -2.30. The molecule has 0 bridgehead atoms. The lowest BCUT2D eigenvalue weighted by Gasteiger charge is -2.12. The van der Waals surface area contributed by atoms with Crippen LogP contribution in [0.25, 0.3) is 0 Å². The van der Waals surface area contributed by atoms with Crippen molar-refractivity contribution in [1.29, 1.82) is 0 Å². The highest BCUT2D eigenvalue weighted by Gasteiger charge is 2.13. The van der Waals surface area contributed by atoms with Gasteiger partial charge in [-0.25, -0.2) is 4.79 Å². The number of thiophene rings is 1. The number of benzene rings is 1. The third-order valence-corrected chi connectivity index (χ3v) is 4.41. The van der Waals surface area contributed by atoms with E-state index in [-0.39, 0.29) is 18.6 Å². The van der Waals surface area contributed by atoms with E-state index in [2.05, 4.69) is 19.2 Å². The highest BCUT2D eigenvalue weighted by Crippen LogP contribution is 2.18. The van der Waals surface area contributed by atoms with Gasteiger partial charge in [0.25, 0.3) is 5.91 Å². The van der Waals surface area contributed by atoms with Crippen LogP contribution in [0.1, 0.15) is 42.0 Å². The quantitative estimate of drug-likeness (QED) is 0.726. The van der Waals surface area contributed by atoms with Crippen LogP contribution in [-0.4, -0.2) is 25.1 Å². The van der Waals surface area contributed by atoms with Crippen LogP contribution in [0.15, 0.2) is 41.8 Å². The molecule has 0 aliphatic carbocycles. The first-order chi connectivity index (χ1) is 12.0. The number of carbonyl (C=O) groups is 2. The van der Waals surface area contributed by atoms with E-state index < -0.39 is 5.97 Å². The third-order valence-electron chi connectivity index (χ3n) is 3.36. The Bertz CT molecular complexity index is 680. The standard InChI is InChI=1S/C19H23NO4S/c1-13(2)11-23-16-8-6-15(7-9-16)19(22)24-12-18(21)20-14(3)17-5-4-10-25-17/h4-10,13-14H,11-12H2,1-3H3,(H,20,21). The molecule has 0 radical (unpaired) electrons. The Balaban J connectivity index is 1.78. The van der Waals surface area contributed by atoms with Gasteiger partial charge >= 0.3 is 5.97 Å². The fourth-order valence-electron chi connectivity index (χ4n) is 2.06. The van der Waals surface area contributed by atoms with Gasteiger partial charge in [0.1, 0.15) is 5.75 Å². The summed E-state index contributed by atoms with van der Waals surface area (Å²) in [7, 11) is 0. The maximum absolute atomic E-state index is 12.0. The predicted molar refractivity (Wildman–Crippen MR) is 97.9 cm³/mol. The molecule has 1 amide bonds. The van der Waals surface area contributed by atoms with Crippen molar-refractivity contribution >= 4 is 23.2 Å². The third kappa shape index (κ3) is 6.23. The molecule has 0 spiro atoms. The monoisotopic (exact) mass is 361 g/mol. The van der Waals surface area contributed by atoms with E-state index in [0.717, 1.165) is 4.88 Å². The van der Waals surface area contributed by atoms with Crippen LogP contribution < -0.4 is 10.1 Å². The first-order valence-corrected chi connectivity index (χ1v) is 9.06. The van der Waals surface area contributed by atoms with Crippen LogP contribution in [0.2, 0.25) is 0 Å². The predicted octanol–water partition coefficient (Wildman–Crippen LogP) is 3.82. The number of amides is 1. The fourth-order valence-corrected chi connectivity index (χ4v) is 2.79. The largest absolute Gasteiger partial charge is 0.493 e. The maximum atomic E-state index is 12.0. The number of carbonyl (C=O) groups excluding carboxylic acids is 2. The van der Waals surface area contributed by atoms with Gasteiger partial charge < -0.3 is 14.8 Å². The van der Waals surface area contributed by atoms with Crippen molar-refractivity contribution in [2.75, 3.05) is 13.2 Å². The Hall–Kier alpha value is -2.34. The minimum Gasteiger partial charge on any atom is -0.493 e. The molecule has 1 heterocycles. The Morgan fingerprint density at radius 2 is 1.84 bits per heavy atom. The van der Waals surface area contributed by atoms with E-state index in [1.54, 1.807) is 35.6 Å². The summed E-state index contributed by atoms with van der Waals surface area (Å²) in [6, 6.07) is 10.5. The molecule has 1 unspecified atom stereocenters. The zero-order valence-electron chi connectivity index (χ0n) is 14.7. The molecular weight excluding hydrogens is 338 g/mol. The molecule has 6 heteroatoms. The van der Waals surface area contributed by atoms with Gasteiger partial charge in [0.15, 0.2) is 6.61 Å². The van der Waals surface area contributed by atoms with Crippen molar-refractivity contribution in [2.24, 2.45) is 5.92 Å². The molecule has 0 fully saturated rings. The van der Waals surface area contributed by atoms with Gasteiger partial charge in [-0.1, -0.05) is 19.9 Å². The van der Waals surface area contributed by atoms with Crippen LogP contribution in [0.4, 0.5) is 0 Å². The zero-order valence-corrected chi connectivity index (χ0v) is 15.5. The molecule has 2 rings (SSSR count). The summed E-state index contributed by atoms with van der Waals surface area (Å²) in [4.78, 5) is 24.9. The average molecular weight is 361 g/mol. The molecule has 1 atom stereocenters. The van der Waals surface area contributed by atoms with Crippen molar-refractivity contribution in [1.82, 2.24) is 5.32 Å². The van der Waals surface area contributed by atoms with E-state index in [1.165, 1.54) is 0 Å². The summed E-state index contributed by atoms with van der Waals surface area (Å²) in [5.74, 6) is 0.271. The molecule has 5 nitrogen and oxygen atoms in total. The number of rotatable bonds is 8. The summed E-state index contributed by atoms with van der Waals surface area (Å²) in [6.07, 6.45) is 0. The van der Waals surface area contributed by atoms with Gasteiger partial charge in [-0.3, -0.25) is 4.79 Å². The summed E-state index contributed by atoms with van der Waals surface area (Å²) in [5.41, 5.74) is 0.385. The van der Waals surface area contributed by atoms with Crippen molar-refractivity contribution in [3.63, 3.8) is 0 Å². The number of hydrogen-bond donors (Lipinski definition) is 1. The van der Waals surface area contributed by atoms with Gasteiger partial charge in [0.2, 0.25) is 0 Å². The number of esters is 1. The Labute approximate surface area is 152 Å². The molecule has 1 N–H and O–H groups in total. The lowest BCUT2D eigenvalue weighted by atomic mass is 10.2. The van der Waals surface area contributed by atoms with Crippen molar-refractivity contribution in [2.45, 2.75) is 26.8 Å². The first-order valence-electron chi connectivity index (χ1n) is 8.18. The summed E-state index contributed by atoms with van der Waals surface area (Å²) < 4.78 is 10.6. The van der Waals surface area contributed by atoms with Gasteiger partial charge in [0.05, 0.1) is 18.2 Å². The minimum atomic E-state index is -0.533. The molecular formula is C19H23NO4S. The molecule has 0 aliphatic heterocycles. The molecule has 2 aromatic rings. The topological polar surface area (TPSA) is 64.6 Å². The van der Waals surface area contributed by atoms with Crippen LogP contribution in [0.5, 0.6) is 5.75 Å². The number of nitrogens with one attached hydrogen (secondary N) is 1. The van der Waals surface area contributed by atoms with Crippen LogP contribution in [0.3, 0.4) is 0 Å². The van der Waals surface area contributed by atoms with Gasteiger partial charge in [-0.15, -0.1) is 11.3 Å². The Morgan fingerprint density at radius 3 is 2.44 bits per heavy atom. The molecule has 0 aliphatic rings. The van der Waals surface area contributed by atoms with E-state index >= 15 is 0 Å². The molecule has 0 saturated heterocycles. The van der Waals surface area contributed by atoms with E-state index in [1.807, 2.05) is 24.4 Å². The van der Waals surface area contributed by atoms with Gasteiger partial charge in [0, 0.05) is 4.88 Å². The van der Waals surface area contributed by atoms with Crippen molar-refractivity contribution in [3.8, 4) is 5.75 Å². The first kappa shape index (κ1) is 19.0. The SMILES string of the molecule is CC(C)COc1ccc(C(=O)OCC(=O)NC(C)c2cccs2)cc1. The summed E-state index contributed by atoms with van der Waals surface area (Å²) in [5, 5.41) is 4.75. The van der Waals surface area contributed by atoms with Crippen molar-refractivity contribution in [3.05, 3.63) is 52.2 Å². The number of hydrogen-bond acceptors (Lipinski definition) is 5. The Morgan fingerprint density at radius 1 is 1.12 bits per heavy atom. The molecule has 1 aromatic carbocycles. The van der Waals surface area contributed by atoms with Crippen LogP contribution >= 0.6 is 11.3 Å². The van der Waals surface area contributed by atoms with Gasteiger partial charge in [-0.05, 0) is 48.6 Å². The molecule has 0 saturated carbocycles. The van der Waals surface area contributed by atoms with Crippen LogP contribution in [-0.2, 0) is 9.53 Å². The summed E-state index contributed by atoms with van der Waals surface area (Å²) in [6.45, 7) is 6.33. The van der Waals surface area contributed by atoms with Crippen molar-refractivity contribution < 1.29 is 19.1 Å². The van der Waals surface area contributed by atoms with E-state index in [0.29, 0.717) is 23.8 Å².